The molecule has 4 N–H and O–H groups in total. The fraction of sp³-hybridized carbons (Fsp3) is 0.333. The van der Waals surface area contributed by atoms with Crippen LogP contribution in [0.15, 0.2) is 10.2 Å². The maximum Gasteiger partial charge on any atom is 0.304 e. The van der Waals surface area contributed by atoms with Crippen LogP contribution in [0.1, 0.15) is 12.6 Å². The molecule has 0 aliphatic heterocycles. The Morgan fingerprint density at radius 3 is 3.12 bits per heavy atom. The lowest BCUT2D eigenvalue weighted by Crippen LogP contribution is -2.03. The number of hydrogen-bond acceptors (Lipinski definition) is 7. The van der Waals surface area contributed by atoms with E-state index < -0.39 is 0 Å². The lowest BCUT2D eigenvalue weighted by molar-refractivity contribution is 0.344. The van der Waals surface area contributed by atoms with E-state index in [4.69, 9.17) is 10.5 Å². The minimum absolute atomic E-state index is 0.0596. The molecule has 0 aromatic carbocycles. The van der Waals surface area contributed by atoms with Crippen molar-refractivity contribution in [2.45, 2.75) is 13.5 Å². The third kappa shape index (κ3) is 2.77. The Morgan fingerprint density at radius 2 is 2.47 bits per heavy atom. The van der Waals surface area contributed by atoms with Crippen LogP contribution in [0, 0.1) is 0 Å². The van der Waals surface area contributed by atoms with E-state index in [1.807, 2.05) is 6.92 Å². The Balaban J connectivity index is 2.06. The van der Waals surface area contributed by atoms with Crippen LogP contribution in [0.4, 0.5) is 10.8 Å². The van der Waals surface area contributed by atoms with Gasteiger partial charge in [-0.1, -0.05) is 11.3 Å². The van der Waals surface area contributed by atoms with E-state index in [0.717, 1.165) is 22.0 Å². The molecule has 92 valence electrons. The Labute approximate surface area is 106 Å². The predicted octanol–water partition coefficient (Wildman–Crippen LogP) is 1.49. The van der Waals surface area contributed by atoms with E-state index in [2.05, 4.69) is 14.7 Å². The van der Waals surface area contributed by atoms with Crippen LogP contribution >= 0.6 is 22.9 Å². The number of nitrogens with zero attached hydrogens (tertiary/aromatic N) is 1. The number of rotatable bonds is 5. The van der Waals surface area contributed by atoms with E-state index in [-0.39, 0.29) is 4.87 Å². The number of nitrogens with one attached hydrogen (secondary N) is 2. The molecule has 0 unspecified atom stereocenters. The molecule has 2 rings (SSSR count). The van der Waals surface area contributed by atoms with Crippen molar-refractivity contribution in [1.29, 1.82) is 0 Å². The predicted molar refractivity (Wildman–Crippen MR) is 70.0 cm³/mol. The summed E-state index contributed by atoms with van der Waals surface area (Å²) in [5.74, 6) is 0.966. The quantitative estimate of drug-likeness (QED) is 0.766. The van der Waals surface area contributed by atoms with Crippen molar-refractivity contribution in [3.05, 3.63) is 20.7 Å². The van der Waals surface area contributed by atoms with Gasteiger partial charge in [0.15, 0.2) is 16.6 Å². The van der Waals surface area contributed by atoms with Crippen molar-refractivity contribution in [2.75, 3.05) is 17.7 Å². The summed E-state index contributed by atoms with van der Waals surface area (Å²) in [4.78, 5) is 13.6. The molecule has 6 nitrogen and oxygen atoms in total. The van der Waals surface area contributed by atoms with Gasteiger partial charge in [-0.2, -0.15) is 4.37 Å². The molecular weight excluding hydrogens is 260 g/mol. The maximum absolute atomic E-state index is 11.0. The van der Waals surface area contributed by atoms with Crippen LogP contribution in [-0.2, 0) is 6.54 Å². The number of ether oxygens (including phenoxy) is 1. The molecule has 0 atom stereocenters. The standard InChI is InChI=1S/C9H12N4O2S2/c1-2-15-6-7(10)13-17-8(6)11-3-5-4-16-9(14)12-5/h4,11H,2-3H2,1H3,(H2,10,13)(H,12,14). The third-order valence-electron chi connectivity index (χ3n) is 1.97. The second kappa shape index (κ2) is 5.19. The summed E-state index contributed by atoms with van der Waals surface area (Å²) in [6.45, 7) is 2.93. The number of aromatic nitrogens is 2. The molecule has 0 radical (unpaired) electrons. The zero-order chi connectivity index (χ0) is 12.3. The van der Waals surface area contributed by atoms with Gasteiger partial charge in [-0.25, -0.2) is 0 Å². The second-order valence-corrected chi connectivity index (χ2v) is 4.80. The first kappa shape index (κ1) is 11.9. The van der Waals surface area contributed by atoms with Crippen LogP contribution in [0.5, 0.6) is 5.75 Å². The highest BCUT2D eigenvalue weighted by atomic mass is 32.1. The molecule has 0 aliphatic rings. The highest BCUT2D eigenvalue weighted by Crippen LogP contribution is 2.35. The molecule has 0 bridgehead atoms. The Morgan fingerprint density at radius 1 is 1.65 bits per heavy atom. The number of hydrogen-bond donors (Lipinski definition) is 3. The molecular formula is C9H12N4O2S2. The summed E-state index contributed by atoms with van der Waals surface area (Å²) >= 11 is 2.38. The summed E-state index contributed by atoms with van der Waals surface area (Å²) < 4.78 is 9.41. The lowest BCUT2D eigenvalue weighted by atomic mass is 10.4. The molecule has 2 aromatic rings. The van der Waals surface area contributed by atoms with E-state index in [1.165, 1.54) is 11.5 Å². The topological polar surface area (TPSA) is 93.0 Å². The van der Waals surface area contributed by atoms with E-state index in [1.54, 1.807) is 5.38 Å². The zero-order valence-electron chi connectivity index (χ0n) is 9.15. The number of nitrogens with two attached hydrogens (primary N) is 1. The summed E-state index contributed by atoms with van der Waals surface area (Å²) in [5.41, 5.74) is 6.51. The smallest absolute Gasteiger partial charge is 0.304 e. The van der Waals surface area contributed by atoms with Gasteiger partial charge in [0.2, 0.25) is 0 Å². The van der Waals surface area contributed by atoms with Crippen LogP contribution in [0.25, 0.3) is 0 Å². The molecule has 0 saturated carbocycles. The largest absolute Gasteiger partial charge is 0.487 e. The fourth-order valence-electron chi connectivity index (χ4n) is 1.27. The van der Waals surface area contributed by atoms with Crippen molar-refractivity contribution in [3.8, 4) is 5.75 Å². The first-order chi connectivity index (χ1) is 8.20. The van der Waals surface area contributed by atoms with Crippen molar-refractivity contribution in [3.63, 3.8) is 0 Å². The van der Waals surface area contributed by atoms with Gasteiger partial charge in [-0.05, 0) is 18.5 Å². The first-order valence-corrected chi connectivity index (χ1v) is 6.64. The number of anilines is 2. The molecule has 0 spiro atoms. The number of H-pyrrole nitrogens is 1. The SMILES string of the molecule is CCOc1c(N)nsc1NCc1csc(=O)[nH]1. The van der Waals surface area contributed by atoms with E-state index in [0.29, 0.717) is 24.7 Å². The van der Waals surface area contributed by atoms with Gasteiger partial charge in [0.1, 0.15) is 0 Å². The third-order valence-corrected chi connectivity index (χ3v) is 3.49. The molecule has 0 amide bonds. The van der Waals surface area contributed by atoms with E-state index in [9.17, 15) is 4.79 Å². The van der Waals surface area contributed by atoms with Gasteiger partial charge in [-0.3, -0.25) is 4.79 Å². The van der Waals surface area contributed by atoms with Crippen molar-refractivity contribution in [1.82, 2.24) is 9.36 Å². The monoisotopic (exact) mass is 272 g/mol. The number of aromatic amines is 1. The van der Waals surface area contributed by atoms with Gasteiger partial charge in [0, 0.05) is 11.1 Å². The summed E-state index contributed by atoms with van der Waals surface area (Å²) in [7, 11) is 0. The Hall–Kier alpha value is -1.54. The van der Waals surface area contributed by atoms with Crippen LogP contribution in [-0.4, -0.2) is 16.0 Å². The van der Waals surface area contributed by atoms with Crippen LogP contribution in [0.2, 0.25) is 0 Å². The summed E-state index contributed by atoms with van der Waals surface area (Å²) in [6.07, 6.45) is 0. The summed E-state index contributed by atoms with van der Waals surface area (Å²) in [5, 5.41) is 5.69. The highest BCUT2D eigenvalue weighted by molar-refractivity contribution is 7.11. The molecule has 2 aromatic heterocycles. The average molecular weight is 272 g/mol. The first-order valence-electron chi connectivity index (χ1n) is 4.99. The van der Waals surface area contributed by atoms with Crippen LogP contribution < -0.4 is 20.7 Å². The van der Waals surface area contributed by atoms with Gasteiger partial charge < -0.3 is 20.8 Å². The summed E-state index contributed by atoms with van der Waals surface area (Å²) in [6, 6.07) is 0. The van der Waals surface area contributed by atoms with Gasteiger partial charge >= 0.3 is 4.87 Å². The maximum atomic E-state index is 11.0. The molecule has 0 saturated heterocycles. The lowest BCUT2D eigenvalue weighted by Gasteiger charge is -2.06. The van der Waals surface area contributed by atoms with Crippen molar-refractivity contribution in [2.24, 2.45) is 0 Å². The average Bonchev–Trinajstić information content (AvgIpc) is 2.86. The highest BCUT2D eigenvalue weighted by Gasteiger charge is 2.12. The normalized spacial score (nSPS) is 10.4. The fourth-order valence-corrected chi connectivity index (χ4v) is 2.50. The second-order valence-electron chi connectivity index (χ2n) is 3.19. The number of nitrogen functional groups attached to an aromatic ring is 1. The molecule has 0 aliphatic carbocycles. The molecule has 0 fully saturated rings. The molecule has 2 heterocycles. The number of thiazole rings is 1. The molecule has 17 heavy (non-hydrogen) atoms. The van der Waals surface area contributed by atoms with Gasteiger partial charge in [0.25, 0.3) is 0 Å². The molecule has 8 heteroatoms. The minimum atomic E-state index is -0.0596. The van der Waals surface area contributed by atoms with E-state index >= 15 is 0 Å². The Kier molecular flexibility index (Phi) is 3.64. The zero-order valence-corrected chi connectivity index (χ0v) is 10.8. The Bertz CT molecular complexity index is 545. The van der Waals surface area contributed by atoms with Crippen LogP contribution in [0.3, 0.4) is 0 Å². The van der Waals surface area contributed by atoms with Gasteiger partial charge in [-0.15, -0.1) is 0 Å². The van der Waals surface area contributed by atoms with Crippen molar-refractivity contribution < 1.29 is 4.74 Å². The minimum Gasteiger partial charge on any atom is -0.487 e. The van der Waals surface area contributed by atoms with Gasteiger partial charge in [0.05, 0.1) is 13.2 Å². The van der Waals surface area contributed by atoms with Crippen molar-refractivity contribution >= 4 is 33.7 Å².